The van der Waals surface area contributed by atoms with Gasteiger partial charge in [0.15, 0.2) is 0 Å². The van der Waals surface area contributed by atoms with Gasteiger partial charge in [0.2, 0.25) is 0 Å². The van der Waals surface area contributed by atoms with Gasteiger partial charge in [-0.05, 0) is 25.0 Å². The van der Waals surface area contributed by atoms with E-state index in [1.54, 1.807) is 18.6 Å². The maximum atomic E-state index is 11.0. The summed E-state index contributed by atoms with van der Waals surface area (Å²) < 4.78 is 0. The Bertz CT molecular complexity index is 601. The van der Waals surface area contributed by atoms with Crippen LogP contribution in [0.1, 0.15) is 12.8 Å². The Hall–Kier alpha value is -2.17. The molecule has 0 amide bonds. The van der Waals surface area contributed by atoms with Crippen molar-refractivity contribution in [1.29, 1.82) is 0 Å². The van der Waals surface area contributed by atoms with E-state index in [4.69, 9.17) is 5.11 Å². The van der Waals surface area contributed by atoms with Crippen molar-refractivity contribution in [3.05, 3.63) is 30.7 Å². The fourth-order valence-corrected chi connectivity index (χ4v) is 2.63. The zero-order valence-electron chi connectivity index (χ0n) is 10.5. The number of hydrogen-bond donors (Lipinski definition) is 1. The highest BCUT2D eigenvalue weighted by molar-refractivity contribution is 5.90. The van der Waals surface area contributed by atoms with Crippen molar-refractivity contribution in [2.24, 2.45) is 5.92 Å². The zero-order chi connectivity index (χ0) is 13.2. The molecule has 1 aliphatic rings. The number of nitrogens with zero attached hydrogens (tertiary/aromatic N) is 3. The van der Waals surface area contributed by atoms with E-state index in [9.17, 15) is 4.79 Å². The lowest BCUT2D eigenvalue weighted by Crippen LogP contribution is -2.36. The van der Waals surface area contributed by atoms with Crippen molar-refractivity contribution in [3.63, 3.8) is 0 Å². The second-order valence-electron chi connectivity index (χ2n) is 4.82. The number of piperidine rings is 1. The van der Waals surface area contributed by atoms with Crippen LogP contribution in [0.2, 0.25) is 0 Å². The van der Waals surface area contributed by atoms with Crippen LogP contribution in [0.25, 0.3) is 10.9 Å². The van der Waals surface area contributed by atoms with Gasteiger partial charge in [-0.1, -0.05) is 0 Å². The number of aliphatic carboxylic acids is 1. The first kappa shape index (κ1) is 11.9. The molecule has 0 aliphatic carbocycles. The van der Waals surface area contributed by atoms with Crippen LogP contribution in [0.15, 0.2) is 30.7 Å². The van der Waals surface area contributed by atoms with Crippen LogP contribution in [-0.4, -0.2) is 34.1 Å². The van der Waals surface area contributed by atoms with Gasteiger partial charge < -0.3 is 10.0 Å². The van der Waals surface area contributed by atoms with Gasteiger partial charge in [-0.15, -0.1) is 0 Å². The van der Waals surface area contributed by atoms with Gasteiger partial charge in [0.1, 0.15) is 0 Å². The molecule has 1 aliphatic heterocycles. The maximum Gasteiger partial charge on any atom is 0.306 e. The highest BCUT2D eigenvalue weighted by Gasteiger charge is 2.25. The van der Waals surface area contributed by atoms with E-state index in [1.807, 2.05) is 12.1 Å². The van der Waals surface area contributed by atoms with Crippen molar-refractivity contribution >= 4 is 22.6 Å². The summed E-state index contributed by atoms with van der Waals surface area (Å²) >= 11 is 0. The van der Waals surface area contributed by atoms with E-state index in [1.165, 1.54) is 0 Å². The first-order valence-electron chi connectivity index (χ1n) is 6.42. The summed E-state index contributed by atoms with van der Waals surface area (Å²) in [5.41, 5.74) is 2.00. The molecule has 1 N–H and O–H groups in total. The quantitative estimate of drug-likeness (QED) is 0.890. The highest BCUT2D eigenvalue weighted by atomic mass is 16.4. The van der Waals surface area contributed by atoms with Crippen molar-refractivity contribution < 1.29 is 9.90 Å². The molecule has 0 spiro atoms. The van der Waals surface area contributed by atoms with E-state index in [2.05, 4.69) is 14.9 Å². The van der Waals surface area contributed by atoms with Crippen LogP contribution in [0, 0.1) is 5.92 Å². The minimum atomic E-state index is -0.677. The summed E-state index contributed by atoms with van der Waals surface area (Å²) in [6.45, 7) is 1.55. The third-order valence-corrected chi connectivity index (χ3v) is 3.71. The molecule has 3 rings (SSSR count). The molecule has 5 nitrogen and oxygen atoms in total. The van der Waals surface area contributed by atoms with Gasteiger partial charge >= 0.3 is 5.97 Å². The first-order valence-corrected chi connectivity index (χ1v) is 6.42. The molecular formula is C14H15N3O2. The summed E-state index contributed by atoms with van der Waals surface area (Å²) in [5.74, 6) is -0.880. The smallest absolute Gasteiger partial charge is 0.306 e. The fraction of sp³-hybridized carbons (Fsp3) is 0.357. The molecule has 0 radical (unpaired) electrons. The van der Waals surface area contributed by atoms with Crippen LogP contribution in [-0.2, 0) is 4.79 Å². The summed E-state index contributed by atoms with van der Waals surface area (Å²) in [5, 5.41) is 10.1. The molecular weight excluding hydrogens is 242 g/mol. The van der Waals surface area contributed by atoms with Crippen LogP contribution in [0.4, 0.5) is 5.69 Å². The number of fused-ring (bicyclic) bond motifs is 1. The second-order valence-corrected chi connectivity index (χ2v) is 4.82. The standard InChI is InChI=1S/C14H15N3O2/c18-14(19)10-3-7-17(8-4-10)13-2-6-16-12-9-15-5-1-11(12)13/h1-2,5-6,9-10H,3-4,7-8H2,(H,18,19). The molecule has 2 aromatic rings. The van der Waals surface area contributed by atoms with Gasteiger partial charge in [0, 0.05) is 36.6 Å². The predicted molar refractivity (Wildman–Crippen MR) is 72.1 cm³/mol. The van der Waals surface area contributed by atoms with E-state index in [-0.39, 0.29) is 5.92 Å². The molecule has 0 saturated carbocycles. The number of carbonyl (C=O) groups is 1. The minimum absolute atomic E-state index is 0.203. The predicted octanol–water partition coefficient (Wildman–Crippen LogP) is 1.93. The monoisotopic (exact) mass is 257 g/mol. The molecule has 5 heteroatoms. The topological polar surface area (TPSA) is 66.3 Å². The summed E-state index contributed by atoms with van der Waals surface area (Å²) in [7, 11) is 0. The molecule has 1 saturated heterocycles. The molecule has 98 valence electrons. The van der Waals surface area contributed by atoms with Crippen LogP contribution >= 0.6 is 0 Å². The lowest BCUT2D eigenvalue weighted by molar-refractivity contribution is -0.142. The Kier molecular flexibility index (Phi) is 3.03. The molecule has 0 atom stereocenters. The zero-order valence-corrected chi connectivity index (χ0v) is 10.5. The molecule has 19 heavy (non-hydrogen) atoms. The van der Waals surface area contributed by atoms with Crippen molar-refractivity contribution in [3.8, 4) is 0 Å². The number of carboxylic acid groups (broad SMARTS) is 1. The lowest BCUT2D eigenvalue weighted by Gasteiger charge is -2.32. The Morgan fingerprint density at radius 1 is 1.26 bits per heavy atom. The normalized spacial score (nSPS) is 16.7. The molecule has 0 aromatic carbocycles. The molecule has 3 heterocycles. The van der Waals surface area contributed by atoms with Crippen molar-refractivity contribution in [2.75, 3.05) is 18.0 Å². The number of rotatable bonds is 2. The van der Waals surface area contributed by atoms with Gasteiger partial charge in [-0.3, -0.25) is 14.8 Å². The number of carboxylic acids is 1. The molecule has 2 aromatic heterocycles. The third kappa shape index (κ3) is 2.23. The molecule has 1 fully saturated rings. The maximum absolute atomic E-state index is 11.0. The van der Waals surface area contributed by atoms with Crippen molar-refractivity contribution in [1.82, 2.24) is 9.97 Å². The Labute approximate surface area is 110 Å². The van der Waals surface area contributed by atoms with Gasteiger partial charge in [-0.25, -0.2) is 0 Å². The van der Waals surface area contributed by atoms with Gasteiger partial charge in [0.05, 0.1) is 17.6 Å². The summed E-state index contributed by atoms with van der Waals surface area (Å²) in [6, 6.07) is 3.95. The number of hydrogen-bond acceptors (Lipinski definition) is 4. The fourth-order valence-electron chi connectivity index (χ4n) is 2.63. The average molecular weight is 257 g/mol. The number of pyridine rings is 2. The first-order chi connectivity index (χ1) is 9.25. The molecule has 0 bridgehead atoms. The third-order valence-electron chi connectivity index (χ3n) is 3.71. The highest BCUT2D eigenvalue weighted by Crippen LogP contribution is 2.28. The Morgan fingerprint density at radius 3 is 2.79 bits per heavy atom. The second kappa shape index (κ2) is 4.84. The van der Waals surface area contributed by atoms with Crippen LogP contribution in [0.3, 0.4) is 0 Å². The number of anilines is 1. The van der Waals surface area contributed by atoms with E-state index < -0.39 is 5.97 Å². The van der Waals surface area contributed by atoms with E-state index >= 15 is 0 Å². The minimum Gasteiger partial charge on any atom is -0.481 e. The van der Waals surface area contributed by atoms with E-state index in [0.717, 1.165) is 29.7 Å². The number of aromatic nitrogens is 2. The van der Waals surface area contributed by atoms with E-state index in [0.29, 0.717) is 12.8 Å². The Morgan fingerprint density at radius 2 is 2.05 bits per heavy atom. The summed E-state index contributed by atoms with van der Waals surface area (Å²) in [6.07, 6.45) is 6.69. The van der Waals surface area contributed by atoms with Gasteiger partial charge in [-0.2, -0.15) is 0 Å². The SMILES string of the molecule is O=C(O)C1CCN(c2ccnc3cnccc23)CC1. The largest absolute Gasteiger partial charge is 0.481 e. The lowest BCUT2D eigenvalue weighted by atomic mass is 9.96. The van der Waals surface area contributed by atoms with Crippen LogP contribution in [0.5, 0.6) is 0 Å². The van der Waals surface area contributed by atoms with Gasteiger partial charge in [0.25, 0.3) is 0 Å². The summed E-state index contributed by atoms with van der Waals surface area (Å²) in [4.78, 5) is 21.6. The van der Waals surface area contributed by atoms with Crippen molar-refractivity contribution in [2.45, 2.75) is 12.8 Å². The van der Waals surface area contributed by atoms with Crippen LogP contribution < -0.4 is 4.90 Å². The Balaban J connectivity index is 1.88. The average Bonchev–Trinajstić information content (AvgIpc) is 2.47. The molecule has 0 unspecified atom stereocenters.